The van der Waals surface area contributed by atoms with E-state index in [1.807, 2.05) is 0 Å². The molecule has 0 spiro atoms. The minimum atomic E-state index is -0.448. The molecular weight excluding hydrogens is 298 g/mol. The van der Waals surface area contributed by atoms with Crippen LogP contribution in [0.2, 0.25) is 0 Å². The third-order valence-corrected chi connectivity index (χ3v) is 8.79. The zero-order valence-corrected chi connectivity index (χ0v) is 16.3. The van der Waals surface area contributed by atoms with E-state index >= 15 is 0 Å². The highest BCUT2D eigenvalue weighted by atomic mass is 16.2. The van der Waals surface area contributed by atoms with Crippen LogP contribution < -0.4 is 0 Å². The monoisotopic (exact) mass is 331 g/mol. The molecule has 4 atom stereocenters. The quantitative estimate of drug-likeness (QED) is 0.722. The molecule has 1 heterocycles. The molecule has 24 heavy (non-hydrogen) atoms. The van der Waals surface area contributed by atoms with Crippen molar-refractivity contribution in [3.05, 3.63) is 0 Å². The van der Waals surface area contributed by atoms with Crippen LogP contribution in [0.25, 0.3) is 0 Å². The molecule has 4 fully saturated rings. The van der Waals surface area contributed by atoms with Crippen LogP contribution in [0.4, 0.5) is 0 Å². The number of carbonyl (C=O) groups is 2. The molecule has 0 aromatic rings. The molecule has 4 bridgehead atoms. The first-order chi connectivity index (χ1) is 10.9. The zero-order chi connectivity index (χ0) is 17.8. The molecule has 1 amide bonds. The maximum atomic E-state index is 13.8. The van der Waals surface area contributed by atoms with Crippen molar-refractivity contribution in [1.29, 1.82) is 0 Å². The van der Waals surface area contributed by atoms with E-state index < -0.39 is 5.41 Å². The van der Waals surface area contributed by atoms with Crippen molar-refractivity contribution in [2.75, 3.05) is 6.54 Å². The number of rotatable bonds is 1. The lowest BCUT2D eigenvalue weighted by Gasteiger charge is -2.43. The third-order valence-electron chi connectivity index (χ3n) is 8.79. The van der Waals surface area contributed by atoms with E-state index in [0.29, 0.717) is 29.6 Å². The van der Waals surface area contributed by atoms with Crippen molar-refractivity contribution in [3.63, 3.8) is 0 Å². The van der Waals surface area contributed by atoms with Crippen molar-refractivity contribution < 1.29 is 9.59 Å². The number of Topliss-reactive ketones (excluding diaryl/α,β-unsaturated/α-hetero) is 1. The second-order valence-electron chi connectivity index (χ2n) is 11.3. The summed E-state index contributed by atoms with van der Waals surface area (Å²) in [6.45, 7) is 14.4. The number of nitrogens with zero attached hydrogens (tertiary/aromatic N) is 1. The molecule has 1 aliphatic heterocycles. The van der Waals surface area contributed by atoms with Crippen LogP contribution >= 0.6 is 0 Å². The molecule has 3 aliphatic carbocycles. The number of hydrogen-bond acceptors (Lipinski definition) is 2. The van der Waals surface area contributed by atoms with Gasteiger partial charge >= 0.3 is 0 Å². The lowest BCUT2D eigenvalue weighted by Crippen LogP contribution is -2.50. The van der Waals surface area contributed by atoms with Gasteiger partial charge in [-0.1, -0.05) is 41.5 Å². The molecule has 0 N–H and O–H groups in total. The minimum Gasteiger partial charge on any atom is -0.339 e. The molecular formula is C21H33NO2. The molecule has 0 radical (unpaired) electrons. The highest BCUT2D eigenvalue weighted by Crippen LogP contribution is 2.71. The van der Waals surface area contributed by atoms with E-state index in [1.54, 1.807) is 0 Å². The Bertz CT molecular complexity index is 636. The summed E-state index contributed by atoms with van der Waals surface area (Å²) in [5.74, 6) is 0.620. The maximum absolute atomic E-state index is 13.8. The van der Waals surface area contributed by atoms with E-state index in [1.165, 1.54) is 6.42 Å². The summed E-state index contributed by atoms with van der Waals surface area (Å²) in [6.07, 6.45) is 5.70. The number of ketones is 1. The summed E-state index contributed by atoms with van der Waals surface area (Å²) >= 11 is 0. The predicted molar refractivity (Wildman–Crippen MR) is 94.4 cm³/mol. The Morgan fingerprint density at radius 3 is 2.25 bits per heavy atom. The summed E-state index contributed by atoms with van der Waals surface area (Å²) in [4.78, 5) is 28.7. The van der Waals surface area contributed by atoms with Crippen molar-refractivity contribution in [2.24, 2.45) is 27.1 Å². The Kier molecular flexibility index (Phi) is 2.95. The number of hydrogen-bond donors (Lipinski definition) is 0. The van der Waals surface area contributed by atoms with E-state index in [0.717, 1.165) is 32.2 Å². The number of likely N-dealkylation sites (tertiary alicyclic amines) is 1. The van der Waals surface area contributed by atoms with Crippen LogP contribution in [0.1, 0.15) is 80.1 Å². The molecule has 0 aromatic heterocycles. The van der Waals surface area contributed by atoms with Gasteiger partial charge in [0.15, 0.2) is 0 Å². The fourth-order valence-electron chi connectivity index (χ4n) is 7.31. The van der Waals surface area contributed by atoms with Crippen molar-refractivity contribution in [2.45, 2.75) is 86.1 Å². The van der Waals surface area contributed by atoms with E-state index in [-0.39, 0.29) is 16.2 Å². The molecule has 3 nitrogen and oxygen atoms in total. The SMILES string of the molecule is CC1(C)C[C@H]2C[C@](C)(CN2C(=O)[C@@]23CC[C@](C)(C(=O)C2)C3(C)C)C1. The highest BCUT2D eigenvalue weighted by Gasteiger charge is 2.73. The number of carbonyl (C=O) groups excluding carboxylic acids is 2. The molecule has 1 saturated heterocycles. The number of amides is 1. The molecule has 3 saturated carbocycles. The Hall–Kier alpha value is -0.860. The van der Waals surface area contributed by atoms with Gasteiger partial charge in [0.1, 0.15) is 5.78 Å². The average molecular weight is 332 g/mol. The lowest BCUT2D eigenvalue weighted by molar-refractivity contribution is -0.149. The van der Waals surface area contributed by atoms with Gasteiger partial charge in [0.05, 0.1) is 5.41 Å². The Morgan fingerprint density at radius 2 is 1.71 bits per heavy atom. The van der Waals surface area contributed by atoms with Crippen LogP contribution in [0.5, 0.6) is 0 Å². The molecule has 3 heteroatoms. The van der Waals surface area contributed by atoms with Crippen LogP contribution in [-0.4, -0.2) is 29.2 Å². The lowest BCUT2D eigenvalue weighted by atomic mass is 9.64. The largest absolute Gasteiger partial charge is 0.339 e. The molecule has 0 unspecified atom stereocenters. The first-order valence-electron chi connectivity index (χ1n) is 9.70. The Balaban J connectivity index is 1.70. The summed E-state index contributed by atoms with van der Waals surface area (Å²) in [7, 11) is 0. The van der Waals surface area contributed by atoms with E-state index in [9.17, 15) is 9.59 Å². The summed E-state index contributed by atoms with van der Waals surface area (Å²) in [5, 5.41) is 0. The normalized spacial score (nSPS) is 48.2. The minimum absolute atomic E-state index is 0.221. The van der Waals surface area contributed by atoms with Crippen molar-refractivity contribution >= 4 is 11.7 Å². The van der Waals surface area contributed by atoms with Gasteiger partial charge < -0.3 is 4.90 Å². The highest BCUT2D eigenvalue weighted by molar-refractivity contribution is 5.99. The van der Waals surface area contributed by atoms with E-state index in [4.69, 9.17) is 0 Å². The molecule has 4 aliphatic rings. The van der Waals surface area contributed by atoms with Crippen LogP contribution in [0.15, 0.2) is 0 Å². The fraction of sp³-hybridized carbons (Fsp3) is 0.905. The van der Waals surface area contributed by atoms with E-state index in [2.05, 4.69) is 46.4 Å². The average Bonchev–Trinajstić information content (AvgIpc) is 2.86. The Labute approximate surface area is 146 Å². The van der Waals surface area contributed by atoms with Gasteiger partial charge in [0.2, 0.25) is 5.91 Å². The summed E-state index contributed by atoms with van der Waals surface area (Å²) in [5.41, 5.74) is -0.401. The zero-order valence-electron chi connectivity index (χ0n) is 16.3. The maximum Gasteiger partial charge on any atom is 0.230 e. The smallest absolute Gasteiger partial charge is 0.230 e. The first kappa shape index (κ1) is 16.6. The topological polar surface area (TPSA) is 37.4 Å². The number of fused-ring (bicyclic) bond motifs is 4. The second kappa shape index (κ2) is 4.27. The Morgan fingerprint density at radius 1 is 1.04 bits per heavy atom. The van der Waals surface area contributed by atoms with Crippen molar-refractivity contribution in [3.8, 4) is 0 Å². The van der Waals surface area contributed by atoms with Gasteiger partial charge in [-0.05, 0) is 48.3 Å². The summed E-state index contributed by atoms with van der Waals surface area (Å²) < 4.78 is 0. The van der Waals surface area contributed by atoms with Gasteiger partial charge in [-0.25, -0.2) is 0 Å². The van der Waals surface area contributed by atoms with Crippen LogP contribution in [0, 0.1) is 27.1 Å². The molecule has 0 aromatic carbocycles. The van der Waals surface area contributed by atoms with Gasteiger partial charge in [0, 0.05) is 24.4 Å². The predicted octanol–water partition coefficient (Wildman–Crippen LogP) is 4.20. The van der Waals surface area contributed by atoms with Gasteiger partial charge in [-0.2, -0.15) is 0 Å². The fourth-order valence-corrected chi connectivity index (χ4v) is 7.31. The van der Waals surface area contributed by atoms with Gasteiger partial charge in [0.25, 0.3) is 0 Å². The van der Waals surface area contributed by atoms with Crippen molar-refractivity contribution in [1.82, 2.24) is 4.90 Å². The molecule has 4 rings (SSSR count). The molecule has 134 valence electrons. The first-order valence-corrected chi connectivity index (χ1v) is 9.70. The van der Waals surface area contributed by atoms with Gasteiger partial charge in [-0.15, -0.1) is 0 Å². The third kappa shape index (κ3) is 1.74. The second-order valence-corrected chi connectivity index (χ2v) is 11.3. The summed E-state index contributed by atoms with van der Waals surface area (Å²) in [6, 6.07) is 0.374. The van der Waals surface area contributed by atoms with Crippen LogP contribution in [-0.2, 0) is 9.59 Å². The van der Waals surface area contributed by atoms with Crippen LogP contribution in [0.3, 0.4) is 0 Å². The van der Waals surface area contributed by atoms with Gasteiger partial charge in [-0.3, -0.25) is 9.59 Å². The standard InChI is InChI=1S/C21H33NO2/c1-17(2)9-14-10-19(5,12-17)13-22(14)16(24)21-8-7-20(6,15(23)11-21)18(21,3)4/h14H,7-13H2,1-6H3/t14-,19-,20+,21+/m0/s1.